The van der Waals surface area contributed by atoms with Gasteiger partial charge >= 0.3 is 0 Å². The summed E-state index contributed by atoms with van der Waals surface area (Å²) >= 11 is 0. The van der Waals surface area contributed by atoms with Crippen molar-refractivity contribution in [2.75, 3.05) is 5.32 Å². The molecule has 0 radical (unpaired) electrons. The molecule has 1 aromatic carbocycles. The van der Waals surface area contributed by atoms with E-state index in [2.05, 4.69) is 23.4 Å². The molecule has 1 heterocycles. The number of hydrogen-bond acceptors (Lipinski definition) is 2. The van der Waals surface area contributed by atoms with Crippen LogP contribution in [-0.4, -0.2) is 9.78 Å². The Morgan fingerprint density at radius 1 is 1.39 bits per heavy atom. The summed E-state index contributed by atoms with van der Waals surface area (Å²) in [5, 5.41) is 7.63. The molecular weight excluding hydrogens is 229 g/mol. The third-order valence-electron chi connectivity index (χ3n) is 3.12. The summed E-state index contributed by atoms with van der Waals surface area (Å²) in [6, 6.07) is 7.14. The molecule has 2 aromatic rings. The molecular formula is C14H18FN3. The number of benzene rings is 1. The molecule has 0 aliphatic rings. The molecule has 4 heteroatoms. The van der Waals surface area contributed by atoms with E-state index in [9.17, 15) is 4.39 Å². The highest BCUT2D eigenvalue weighted by molar-refractivity contribution is 5.51. The molecule has 2 rings (SSSR count). The number of hydrogen-bond donors (Lipinski definition) is 1. The zero-order valence-electron chi connectivity index (χ0n) is 11.0. The van der Waals surface area contributed by atoms with E-state index in [0.717, 1.165) is 23.5 Å². The van der Waals surface area contributed by atoms with E-state index in [1.165, 1.54) is 6.07 Å². The van der Waals surface area contributed by atoms with Crippen LogP contribution >= 0.6 is 0 Å². The molecule has 18 heavy (non-hydrogen) atoms. The lowest BCUT2D eigenvalue weighted by Gasteiger charge is -2.09. The second kappa shape index (κ2) is 5.21. The van der Waals surface area contributed by atoms with Crippen molar-refractivity contribution in [2.45, 2.75) is 26.8 Å². The number of nitrogens with zero attached hydrogens (tertiary/aromatic N) is 2. The van der Waals surface area contributed by atoms with Crippen molar-refractivity contribution >= 4 is 5.69 Å². The van der Waals surface area contributed by atoms with Gasteiger partial charge in [0, 0.05) is 18.3 Å². The lowest BCUT2D eigenvalue weighted by molar-refractivity contribution is 0.619. The van der Waals surface area contributed by atoms with E-state index in [4.69, 9.17) is 0 Å². The number of halogens is 1. The molecule has 0 saturated heterocycles. The van der Waals surface area contributed by atoms with E-state index in [-0.39, 0.29) is 5.82 Å². The fourth-order valence-corrected chi connectivity index (χ4v) is 1.89. The number of anilines is 1. The van der Waals surface area contributed by atoms with Crippen molar-refractivity contribution in [3.05, 3.63) is 47.0 Å². The molecule has 0 bridgehead atoms. The van der Waals surface area contributed by atoms with Gasteiger partial charge in [0.25, 0.3) is 0 Å². The fourth-order valence-electron chi connectivity index (χ4n) is 1.89. The summed E-state index contributed by atoms with van der Waals surface area (Å²) in [4.78, 5) is 0. The third-order valence-corrected chi connectivity index (χ3v) is 3.12. The van der Waals surface area contributed by atoms with Gasteiger partial charge in [-0.25, -0.2) is 4.39 Å². The first kappa shape index (κ1) is 12.6. The zero-order valence-corrected chi connectivity index (χ0v) is 11.0. The summed E-state index contributed by atoms with van der Waals surface area (Å²) < 4.78 is 15.2. The first-order chi connectivity index (χ1) is 8.61. The minimum absolute atomic E-state index is 0.181. The molecule has 0 aliphatic carbocycles. The highest BCUT2D eigenvalue weighted by Crippen LogP contribution is 2.18. The predicted octanol–water partition coefficient (Wildman–Crippen LogP) is 3.04. The highest BCUT2D eigenvalue weighted by atomic mass is 19.1. The summed E-state index contributed by atoms with van der Waals surface area (Å²) in [6.07, 6.45) is 0.923. The van der Waals surface area contributed by atoms with Crippen LogP contribution < -0.4 is 5.32 Å². The molecule has 0 spiro atoms. The van der Waals surface area contributed by atoms with Crippen LogP contribution in [0.4, 0.5) is 10.1 Å². The van der Waals surface area contributed by atoms with Gasteiger partial charge in [0.15, 0.2) is 0 Å². The molecule has 0 fully saturated rings. The summed E-state index contributed by atoms with van der Waals surface area (Å²) in [7, 11) is 1.93. The molecule has 0 saturated carbocycles. The Kier molecular flexibility index (Phi) is 3.65. The first-order valence-corrected chi connectivity index (χ1v) is 6.12. The summed E-state index contributed by atoms with van der Waals surface area (Å²) in [5.74, 6) is -0.181. The van der Waals surface area contributed by atoms with Crippen molar-refractivity contribution in [1.82, 2.24) is 9.78 Å². The maximum atomic E-state index is 13.4. The topological polar surface area (TPSA) is 29.9 Å². The normalized spacial score (nSPS) is 10.7. The number of aryl methyl sites for hydroxylation is 2. The van der Waals surface area contributed by atoms with Gasteiger partial charge < -0.3 is 5.32 Å². The Morgan fingerprint density at radius 2 is 2.17 bits per heavy atom. The molecule has 0 aliphatic heterocycles. The standard InChI is InChI=1S/C14H18FN3/c1-4-11-8-12(18(3)17-11)9-16-14-7-5-6-13(15)10(14)2/h5-8,16H,4,9H2,1-3H3. The van der Waals surface area contributed by atoms with Crippen LogP contribution in [0.5, 0.6) is 0 Å². The van der Waals surface area contributed by atoms with E-state index in [1.54, 1.807) is 13.0 Å². The number of nitrogens with one attached hydrogen (secondary N) is 1. The lowest BCUT2D eigenvalue weighted by Crippen LogP contribution is -2.06. The number of aromatic nitrogens is 2. The Labute approximate surface area is 107 Å². The van der Waals surface area contributed by atoms with E-state index >= 15 is 0 Å². The van der Waals surface area contributed by atoms with E-state index in [1.807, 2.05) is 17.8 Å². The Hall–Kier alpha value is -1.84. The molecule has 3 nitrogen and oxygen atoms in total. The maximum Gasteiger partial charge on any atom is 0.128 e. The van der Waals surface area contributed by atoms with E-state index in [0.29, 0.717) is 12.1 Å². The van der Waals surface area contributed by atoms with Gasteiger partial charge in [-0.1, -0.05) is 13.0 Å². The summed E-state index contributed by atoms with van der Waals surface area (Å²) in [6.45, 7) is 4.50. The van der Waals surface area contributed by atoms with Crippen LogP contribution in [0.1, 0.15) is 23.9 Å². The van der Waals surface area contributed by atoms with Crippen LogP contribution in [0.2, 0.25) is 0 Å². The zero-order chi connectivity index (χ0) is 13.1. The Bertz CT molecular complexity index is 546. The van der Waals surface area contributed by atoms with Crippen molar-refractivity contribution in [3.63, 3.8) is 0 Å². The van der Waals surface area contributed by atoms with E-state index < -0.39 is 0 Å². The number of rotatable bonds is 4. The Morgan fingerprint density at radius 3 is 2.83 bits per heavy atom. The molecule has 0 amide bonds. The smallest absolute Gasteiger partial charge is 0.128 e. The van der Waals surface area contributed by atoms with Crippen molar-refractivity contribution < 1.29 is 4.39 Å². The largest absolute Gasteiger partial charge is 0.379 e. The van der Waals surface area contributed by atoms with Crippen LogP contribution in [-0.2, 0) is 20.0 Å². The molecule has 0 unspecified atom stereocenters. The average molecular weight is 247 g/mol. The van der Waals surface area contributed by atoms with Gasteiger partial charge in [0.1, 0.15) is 5.82 Å². The van der Waals surface area contributed by atoms with Gasteiger partial charge in [-0.3, -0.25) is 4.68 Å². The van der Waals surface area contributed by atoms with Gasteiger partial charge in [-0.05, 0) is 31.5 Å². The maximum absolute atomic E-state index is 13.4. The van der Waals surface area contributed by atoms with Gasteiger partial charge in [-0.2, -0.15) is 5.10 Å². The lowest BCUT2D eigenvalue weighted by atomic mass is 10.2. The van der Waals surface area contributed by atoms with Crippen molar-refractivity contribution in [1.29, 1.82) is 0 Å². The molecule has 0 atom stereocenters. The molecule has 1 N–H and O–H groups in total. The van der Waals surface area contributed by atoms with Gasteiger partial charge in [0.2, 0.25) is 0 Å². The quantitative estimate of drug-likeness (QED) is 0.900. The third kappa shape index (κ3) is 2.53. The minimum Gasteiger partial charge on any atom is -0.379 e. The summed E-state index contributed by atoms with van der Waals surface area (Å²) in [5.41, 5.74) is 3.64. The minimum atomic E-state index is -0.181. The second-order valence-electron chi connectivity index (χ2n) is 4.37. The molecule has 1 aromatic heterocycles. The van der Waals surface area contributed by atoms with Crippen molar-refractivity contribution in [2.24, 2.45) is 7.05 Å². The monoisotopic (exact) mass is 247 g/mol. The van der Waals surface area contributed by atoms with Crippen LogP contribution in [0.3, 0.4) is 0 Å². The van der Waals surface area contributed by atoms with Crippen LogP contribution in [0.15, 0.2) is 24.3 Å². The average Bonchev–Trinajstić information content (AvgIpc) is 2.72. The highest BCUT2D eigenvalue weighted by Gasteiger charge is 2.06. The van der Waals surface area contributed by atoms with Crippen LogP contribution in [0, 0.1) is 12.7 Å². The second-order valence-corrected chi connectivity index (χ2v) is 4.37. The van der Waals surface area contributed by atoms with Gasteiger partial charge in [-0.15, -0.1) is 0 Å². The SMILES string of the molecule is CCc1cc(CNc2cccc(F)c2C)n(C)n1. The fraction of sp³-hybridized carbons (Fsp3) is 0.357. The van der Waals surface area contributed by atoms with Gasteiger partial charge in [0.05, 0.1) is 17.9 Å². The first-order valence-electron chi connectivity index (χ1n) is 6.12. The van der Waals surface area contributed by atoms with Crippen LogP contribution in [0.25, 0.3) is 0 Å². The predicted molar refractivity (Wildman–Crippen MR) is 71.0 cm³/mol. The Balaban J connectivity index is 2.11. The van der Waals surface area contributed by atoms with Crippen molar-refractivity contribution in [3.8, 4) is 0 Å². The molecule has 96 valence electrons.